The molecule has 1 N–H and O–H groups in total. The summed E-state index contributed by atoms with van der Waals surface area (Å²) in [5, 5.41) is 8.30. The number of thioether (sulfide) groups is 1. The van der Waals surface area contributed by atoms with Gasteiger partial charge in [-0.3, -0.25) is 9.89 Å². The predicted octanol–water partition coefficient (Wildman–Crippen LogP) is 3.25. The molecule has 0 atom stereocenters. The van der Waals surface area contributed by atoms with Gasteiger partial charge in [-0.1, -0.05) is 42.1 Å². The van der Waals surface area contributed by atoms with E-state index in [9.17, 15) is 4.79 Å². The van der Waals surface area contributed by atoms with E-state index in [4.69, 9.17) is 0 Å². The molecular weight excluding hydrogens is 232 g/mol. The van der Waals surface area contributed by atoms with Crippen LogP contribution in [0.1, 0.15) is 18.9 Å². The van der Waals surface area contributed by atoms with Gasteiger partial charge in [0.15, 0.2) is 5.12 Å². The third-order valence-corrected chi connectivity index (χ3v) is 3.24. The Morgan fingerprint density at radius 3 is 3.24 bits per heavy atom. The van der Waals surface area contributed by atoms with Crippen LogP contribution in [-0.2, 0) is 4.79 Å². The summed E-state index contributed by atoms with van der Waals surface area (Å²) < 4.78 is 0. The molecule has 0 aliphatic carbocycles. The first kappa shape index (κ1) is 11.9. The largest absolute Gasteiger partial charge is 0.288 e. The molecule has 1 aromatic heterocycles. The molecule has 0 bridgehead atoms. The highest BCUT2D eigenvalue weighted by Gasteiger charge is 1.98. The third kappa shape index (κ3) is 3.20. The number of para-hydroxylation sites is 1. The van der Waals surface area contributed by atoms with E-state index in [1.807, 2.05) is 18.3 Å². The standard InChI is InChI=1S/C13H14N2OS/c1-10(16)17-8-3-2-5-11-6-4-7-12-9-14-15-13(11)12/h2,4-7,9H,3,8H2,1H3,(H,14,15). The molecule has 2 aromatic rings. The normalized spacial score (nSPS) is 11.4. The van der Waals surface area contributed by atoms with Gasteiger partial charge in [0.25, 0.3) is 0 Å². The molecular formula is C13H14N2OS. The maximum atomic E-state index is 10.7. The quantitative estimate of drug-likeness (QED) is 0.842. The van der Waals surface area contributed by atoms with E-state index >= 15 is 0 Å². The molecule has 1 aromatic carbocycles. The zero-order valence-corrected chi connectivity index (χ0v) is 10.5. The average molecular weight is 246 g/mol. The van der Waals surface area contributed by atoms with Crippen molar-refractivity contribution in [2.75, 3.05) is 5.75 Å². The highest BCUT2D eigenvalue weighted by Crippen LogP contribution is 2.17. The van der Waals surface area contributed by atoms with Crippen LogP contribution in [0.4, 0.5) is 0 Å². The molecule has 2 rings (SSSR count). The zero-order valence-electron chi connectivity index (χ0n) is 9.64. The number of benzene rings is 1. The molecule has 0 saturated carbocycles. The predicted molar refractivity (Wildman–Crippen MR) is 72.9 cm³/mol. The van der Waals surface area contributed by atoms with Crippen molar-refractivity contribution in [2.45, 2.75) is 13.3 Å². The minimum absolute atomic E-state index is 0.175. The molecule has 17 heavy (non-hydrogen) atoms. The number of H-pyrrole nitrogens is 1. The number of allylic oxidation sites excluding steroid dienone is 1. The third-order valence-electron chi connectivity index (χ3n) is 2.40. The van der Waals surface area contributed by atoms with Crippen LogP contribution in [-0.4, -0.2) is 21.1 Å². The van der Waals surface area contributed by atoms with Crippen LogP contribution in [0.3, 0.4) is 0 Å². The number of aromatic amines is 1. The molecule has 0 aliphatic rings. The number of hydrogen-bond donors (Lipinski definition) is 1. The van der Waals surface area contributed by atoms with E-state index < -0.39 is 0 Å². The first-order chi connectivity index (χ1) is 8.27. The summed E-state index contributed by atoms with van der Waals surface area (Å²) >= 11 is 1.36. The van der Waals surface area contributed by atoms with E-state index in [-0.39, 0.29) is 5.12 Å². The maximum Gasteiger partial charge on any atom is 0.185 e. The smallest absolute Gasteiger partial charge is 0.185 e. The van der Waals surface area contributed by atoms with Gasteiger partial charge in [0, 0.05) is 18.1 Å². The first-order valence-corrected chi connectivity index (χ1v) is 6.48. The van der Waals surface area contributed by atoms with Crippen molar-refractivity contribution < 1.29 is 4.79 Å². The van der Waals surface area contributed by atoms with Crippen LogP contribution < -0.4 is 0 Å². The Bertz CT molecular complexity index is 545. The lowest BCUT2D eigenvalue weighted by Gasteiger charge is -1.96. The molecule has 0 spiro atoms. The fourth-order valence-electron chi connectivity index (χ4n) is 1.61. The van der Waals surface area contributed by atoms with Crippen molar-refractivity contribution in [3.05, 3.63) is 36.0 Å². The monoisotopic (exact) mass is 246 g/mol. The lowest BCUT2D eigenvalue weighted by atomic mass is 10.1. The Balaban J connectivity index is 2.00. The van der Waals surface area contributed by atoms with Crippen molar-refractivity contribution in [1.82, 2.24) is 10.2 Å². The summed E-state index contributed by atoms with van der Waals surface area (Å²) in [4.78, 5) is 10.7. The molecule has 0 saturated heterocycles. The molecule has 0 radical (unpaired) electrons. The Morgan fingerprint density at radius 1 is 1.53 bits per heavy atom. The fraction of sp³-hybridized carbons (Fsp3) is 0.231. The van der Waals surface area contributed by atoms with Crippen LogP contribution in [0, 0.1) is 0 Å². The number of carbonyl (C=O) groups is 1. The topological polar surface area (TPSA) is 45.8 Å². The second-order valence-electron chi connectivity index (χ2n) is 3.71. The van der Waals surface area contributed by atoms with Gasteiger partial charge in [-0.05, 0) is 12.0 Å². The minimum atomic E-state index is 0.175. The Kier molecular flexibility index (Phi) is 3.98. The zero-order chi connectivity index (χ0) is 12.1. The number of rotatable bonds is 4. The van der Waals surface area contributed by atoms with Crippen LogP contribution in [0.15, 0.2) is 30.5 Å². The van der Waals surface area contributed by atoms with Gasteiger partial charge in [-0.2, -0.15) is 5.10 Å². The van der Waals surface area contributed by atoms with Gasteiger partial charge in [0.1, 0.15) is 0 Å². The van der Waals surface area contributed by atoms with E-state index in [1.54, 1.807) is 6.92 Å². The number of carbonyl (C=O) groups excluding carboxylic acids is 1. The molecule has 3 nitrogen and oxygen atoms in total. The first-order valence-electron chi connectivity index (χ1n) is 5.49. The molecule has 0 unspecified atom stereocenters. The number of aromatic nitrogens is 2. The molecule has 0 amide bonds. The highest BCUT2D eigenvalue weighted by atomic mass is 32.2. The summed E-state index contributed by atoms with van der Waals surface area (Å²) in [6, 6.07) is 6.10. The SMILES string of the molecule is CC(=O)SCCC=Cc1cccc2cn[nH]c12. The van der Waals surface area contributed by atoms with Gasteiger partial charge in [0.2, 0.25) is 0 Å². The van der Waals surface area contributed by atoms with Gasteiger partial charge >= 0.3 is 0 Å². The number of nitrogens with zero attached hydrogens (tertiary/aromatic N) is 1. The Labute approximate surface area is 104 Å². The van der Waals surface area contributed by atoms with Gasteiger partial charge < -0.3 is 0 Å². The van der Waals surface area contributed by atoms with Crippen molar-refractivity contribution in [3.63, 3.8) is 0 Å². The van der Waals surface area contributed by atoms with Crippen LogP contribution in [0.2, 0.25) is 0 Å². The van der Waals surface area contributed by atoms with Crippen LogP contribution >= 0.6 is 11.8 Å². The maximum absolute atomic E-state index is 10.7. The Hall–Kier alpha value is -1.55. The molecule has 88 valence electrons. The summed E-state index contributed by atoms with van der Waals surface area (Å²) in [5.41, 5.74) is 2.19. The van der Waals surface area contributed by atoms with Crippen molar-refractivity contribution in [3.8, 4) is 0 Å². The van der Waals surface area contributed by atoms with Gasteiger partial charge in [0.05, 0.1) is 11.7 Å². The Morgan fingerprint density at radius 2 is 2.41 bits per heavy atom. The minimum Gasteiger partial charge on any atom is -0.288 e. The molecule has 4 heteroatoms. The number of fused-ring (bicyclic) bond motifs is 1. The van der Waals surface area contributed by atoms with E-state index in [0.29, 0.717) is 0 Å². The average Bonchev–Trinajstić information content (AvgIpc) is 2.77. The number of nitrogens with one attached hydrogen (secondary N) is 1. The molecule has 1 heterocycles. The lowest BCUT2D eigenvalue weighted by molar-refractivity contribution is -0.109. The number of hydrogen-bond acceptors (Lipinski definition) is 3. The van der Waals surface area contributed by atoms with E-state index in [0.717, 1.165) is 28.6 Å². The highest BCUT2D eigenvalue weighted by molar-refractivity contribution is 8.13. The van der Waals surface area contributed by atoms with E-state index in [2.05, 4.69) is 28.4 Å². The van der Waals surface area contributed by atoms with Crippen molar-refractivity contribution in [2.24, 2.45) is 0 Å². The summed E-state index contributed by atoms with van der Waals surface area (Å²) in [6.45, 7) is 1.60. The van der Waals surface area contributed by atoms with E-state index in [1.165, 1.54) is 11.8 Å². The summed E-state index contributed by atoms with van der Waals surface area (Å²) in [7, 11) is 0. The van der Waals surface area contributed by atoms with Gasteiger partial charge in [-0.25, -0.2) is 0 Å². The van der Waals surface area contributed by atoms with Gasteiger partial charge in [-0.15, -0.1) is 0 Å². The van der Waals surface area contributed by atoms with Crippen LogP contribution in [0.25, 0.3) is 17.0 Å². The molecule has 0 aliphatic heterocycles. The van der Waals surface area contributed by atoms with Crippen LogP contribution in [0.5, 0.6) is 0 Å². The van der Waals surface area contributed by atoms with Crippen molar-refractivity contribution in [1.29, 1.82) is 0 Å². The second-order valence-corrected chi connectivity index (χ2v) is 4.98. The second kappa shape index (κ2) is 5.68. The molecule has 0 fully saturated rings. The van der Waals surface area contributed by atoms with Crippen molar-refractivity contribution >= 4 is 33.9 Å². The summed E-state index contributed by atoms with van der Waals surface area (Å²) in [5.74, 6) is 0.838. The summed E-state index contributed by atoms with van der Waals surface area (Å²) in [6.07, 6.45) is 6.87. The fourth-order valence-corrected chi connectivity index (χ4v) is 2.15. The lowest BCUT2D eigenvalue weighted by Crippen LogP contribution is -1.83.